The van der Waals surface area contributed by atoms with Gasteiger partial charge < -0.3 is 15.0 Å². The summed E-state index contributed by atoms with van der Waals surface area (Å²) >= 11 is 0. The molecule has 2 aromatic carbocycles. The molecule has 1 aliphatic rings. The SMILES string of the molecule is Cc1cccc(N(C)CC(=O)Nc2ccc(S(=O)(=O)N3CC(C)OC(C)C3)cc2)c1C. The van der Waals surface area contributed by atoms with Crippen molar-refractivity contribution in [3.63, 3.8) is 0 Å². The Bertz CT molecular complexity index is 1030. The highest BCUT2D eigenvalue weighted by Crippen LogP contribution is 2.23. The summed E-state index contributed by atoms with van der Waals surface area (Å²) < 4.78 is 33.0. The lowest BCUT2D eigenvalue weighted by Gasteiger charge is -2.34. The molecule has 0 spiro atoms. The summed E-state index contributed by atoms with van der Waals surface area (Å²) in [5.74, 6) is -0.171. The number of carbonyl (C=O) groups excluding carboxylic acids is 1. The van der Waals surface area contributed by atoms with Crippen molar-refractivity contribution in [2.24, 2.45) is 0 Å². The molecule has 2 atom stereocenters. The van der Waals surface area contributed by atoms with E-state index < -0.39 is 10.0 Å². The number of nitrogens with one attached hydrogen (secondary N) is 1. The minimum absolute atomic E-state index is 0.147. The third-order valence-corrected chi connectivity index (χ3v) is 7.38. The number of nitrogens with zero attached hydrogens (tertiary/aromatic N) is 2. The molecule has 3 rings (SSSR count). The number of hydrogen-bond donors (Lipinski definition) is 1. The molecule has 1 heterocycles. The van der Waals surface area contributed by atoms with Crippen LogP contribution in [0.3, 0.4) is 0 Å². The zero-order valence-electron chi connectivity index (χ0n) is 18.8. The van der Waals surface area contributed by atoms with Crippen LogP contribution in [0.25, 0.3) is 0 Å². The number of likely N-dealkylation sites (N-methyl/N-ethyl adjacent to an activating group) is 1. The fourth-order valence-electron chi connectivity index (χ4n) is 3.84. The van der Waals surface area contributed by atoms with Gasteiger partial charge >= 0.3 is 0 Å². The zero-order valence-corrected chi connectivity index (χ0v) is 19.6. The van der Waals surface area contributed by atoms with Crippen LogP contribution in [0.2, 0.25) is 0 Å². The van der Waals surface area contributed by atoms with E-state index in [0.29, 0.717) is 18.8 Å². The molecule has 2 aromatic rings. The van der Waals surface area contributed by atoms with Crippen LogP contribution in [0.5, 0.6) is 0 Å². The molecule has 8 heteroatoms. The van der Waals surface area contributed by atoms with Gasteiger partial charge in [-0.2, -0.15) is 4.31 Å². The predicted octanol–water partition coefficient (Wildman–Crippen LogP) is 3.18. The first-order valence-corrected chi connectivity index (χ1v) is 11.8. The minimum atomic E-state index is -3.60. The molecular weight excluding hydrogens is 414 g/mol. The molecule has 0 aromatic heterocycles. The Balaban J connectivity index is 1.65. The van der Waals surface area contributed by atoms with Crippen molar-refractivity contribution in [3.05, 3.63) is 53.6 Å². The van der Waals surface area contributed by atoms with Gasteiger partial charge in [0.15, 0.2) is 0 Å². The van der Waals surface area contributed by atoms with E-state index in [0.717, 1.165) is 11.3 Å². The van der Waals surface area contributed by atoms with Crippen molar-refractivity contribution in [2.75, 3.05) is 36.9 Å². The van der Waals surface area contributed by atoms with Gasteiger partial charge in [-0.1, -0.05) is 12.1 Å². The number of sulfonamides is 1. The molecule has 0 aliphatic carbocycles. The minimum Gasteiger partial charge on any atom is -0.373 e. The fourth-order valence-corrected chi connectivity index (χ4v) is 5.43. The maximum atomic E-state index is 12.9. The van der Waals surface area contributed by atoms with E-state index in [1.54, 1.807) is 12.1 Å². The van der Waals surface area contributed by atoms with Crippen LogP contribution < -0.4 is 10.2 Å². The lowest BCUT2D eigenvalue weighted by atomic mass is 10.1. The van der Waals surface area contributed by atoms with Gasteiger partial charge in [-0.15, -0.1) is 0 Å². The molecule has 31 heavy (non-hydrogen) atoms. The Labute approximate surface area is 185 Å². The van der Waals surface area contributed by atoms with E-state index in [1.807, 2.05) is 57.8 Å². The van der Waals surface area contributed by atoms with E-state index in [1.165, 1.54) is 22.0 Å². The molecule has 1 saturated heterocycles. The molecule has 0 radical (unpaired) electrons. The smallest absolute Gasteiger partial charge is 0.243 e. The Kier molecular flexibility index (Phi) is 7.03. The molecule has 1 amide bonds. The Morgan fingerprint density at radius 2 is 1.71 bits per heavy atom. The summed E-state index contributed by atoms with van der Waals surface area (Å²) in [4.78, 5) is 14.6. The first-order valence-electron chi connectivity index (χ1n) is 10.4. The van der Waals surface area contributed by atoms with Gasteiger partial charge in [-0.25, -0.2) is 8.42 Å². The monoisotopic (exact) mass is 445 g/mol. The lowest BCUT2D eigenvalue weighted by Crippen LogP contribution is -2.48. The number of anilines is 2. The maximum Gasteiger partial charge on any atom is 0.243 e. The first-order chi connectivity index (χ1) is 14.6. The number of carbonyl (C=O) groups is 1. The molecule has 168 valence electrons. The third-order valence-electron chi connectivity index (χ3n) is 5.53. The van der Waals surface area contributed by atoms with Crippen molar-refractivity contribution in [1.82, 2.24) is 4.31 Å². The van der Waals surface area contributed by atoms with Crippen molar-refractivity contribution in [1.29, 1.82) is 0 Å². The number of aryl methyl sites for hydroxylation is 1. The number of amides is 1. The van der Waals surface area contributed by atoms with Crippen molar-refractivity contribution < 1.29 is 17.9 Å². The highest BCUT2D eigenvalue weighted by Gasteiger charge is 2.32. The number of benzene rings is 2. The van der Waals surface area contributed by atoms with Crippen LogP contribution in [0, 0.1) is 13.8 Å². The van der Waals surface area contributed by atoms with Crippen LogP contribution in [-0.4, -0.2) is 57.5 Å². The molecular formula is C23H31N3O4S. The molecule has 7 nitrogen and oxygen atoms in total. The predicted molar refractivity (Wildman–Crippen MR) is 123 cm³/mol. The lowest BCUT2D eigenvalue weighted by molar-refractivity contribution is -0.114. The Morgan fingerprint density at radius 1 is 1.10 bits per heavy atom. The Hall–Kier alpha value is -2.42. The summed E-state index contributed by atoms with van der Waals surface area (Å²) in [5, 5.41) is 2.84. The average molecular weight is 446 g/mol. The van der Waals surface area contributed by atoms with Gasteiger partial charge in [0.2, 0.25) is 15.9 Å². The van der Waals surface area contributed by atoms with Crippen LogP contribution in [0.4, 0.5) is 11.4 Å². The van der Waals surface area contributed by atoms with Crippen molar-refractivity contribution >= 4 is 27.3 Å². The number of hydrogen-bond acceptors (Lipinski definition) is 5. The van der Waals surface area contributed by atoms with Gasteiger partial charge in [-0.3, -0.25) is 4.79 Å². The van der Waals surface area contributed by atoms with Crippen LogP contribution in [0.1, 0.15) is 25.0 Å². The average Bonchev–Trinajstić information content (AvgIpc) is 2.69. The normalized spacial score (nSPS) is 19.8. The van der Waals surface area contributed by atoms with Crippen LogP contribution in [-0.2, 0) is 19.6 Å². The second kappa shape index (κ2) is 9.38. The third kappa shape index (κ3) is 5.44. The molecule has 1 aliphatic heterocycles. The molecule has 0 bridgehead atoms. The van der Waals surface area contributed by atoms with Gasteiger partial charge in [0.1, 0.15) is 0 Å². The standard InChI is InChI=1S/C23H31N3O4S/c1-16-7-6-8-22(19(16)4)25(5)15-23(27)24-20-9-11-21(12-10-20)31(28,29)26-13-17(2)30-18(3)14-26/h6-12,17-18H,13-15H2,1-5H3,(H,24,27). The molecule has 0 saturated carbocycles. The van der Waals surface area contributed by atoms with Gasteiger partial charge in [-0.05, 0) is 69.2 Å². The second-order valence-electron chi connectivity index (χ2n) is 8.23. The van der Waals surface area contributed by atoms with E-state index in [-0.39, 0.29) is 29.6 Å². The largest absolute Gasteiger partial charge is 0.373 e. The maximum absolute atomic E-state index is 12.9. The summed E-state index contributed by atoms with van der Waals surface area (Å²) in [5.41, 5.74) is 3.87. The summed E-state index contributed by atoms with van der Waals surface area (Å²) in [6.07, 6.45) is -0.294. The van der Waals surface area contributed by atoms with Gasteiger partial charge in [0.25, 0.3) is 0 Å². The van der Waals surface area contributed by atoms with Crippen LogP contribution >= 0.6 is 0 Å². The van der Waals surface area contributed by atoms with E-state index >= 15 is 0 Å². The summed E-state index contributed by atoms with van der Waals surface area (Å²) in [6, 6.07) is 12.3. The summed E-state index contributed by atoms with van der Waals surface area (Å²) in [6.45, 7) is 8.66. The van der Waals surface area contributed by atoms with Gasteiger partial charge in [0.05, 0.1) is 23.6 Å². The Morgan fingerprint density at radius 3 is 2.32 bits per heavy atom. The highest BCUT2D eigenvalue weighted by molar-refractivity contribution is 7.89. The van der Waals surface area contributed by atoms with E-state index in [9.17, 15) is 13.2 Å². The van der Waals surface area contributed by atoms with Crippen molar-refractivity contribution in [3.8, 4) is 0 Å². The quantitative estimate of drug-likeness (QED) is 0.739. The molecule has 1 N–H and O–H groups in total. The van der Waals surface area contributed by atoms with Crippen molar-refractivity contribution in [2.45, 2.75) is 44.8 Å². The van der Waals surface area contributed by atoms with Crippen LogP contribution in [0.15, 0.2) is 47.4 Å². The number of ether oxygens (including phenoxy) is 1. The first kappa shape index (κ1) is 23.2. The van der Waals surface area contributed by atoms with Gasteiger partial charge in [0, 0.05) is 31.5 Å². The zero-order chi connectivity index (χ0) is 22.8. The highest BCUT2D eigenvalue weighted by atomic mass is 32.2. The summed E-state index contributed by atoms with van der Waals surface area (Å²) in [7, 11) is -1.73. The number of morpholine rings is 1. The number of rotatable bonds is 6. The van der Waals surface area contributed by atoms with E-state index in [2.05, 4.69) is 5.32 Å². The van der Waals surface area contributed by atoms with E-state index in [4.69, 9.17) is 4.74 Å². The molecule has 2 unspecified atom stereocenters. The fraction of sp³-hybridized carbons (Fsp3) is 0.435. The second-order valence-corrected chi connectivity index (χ2v) is 10.2. The topological polar surface area (TPSA) is 79.0 Å². The molecule has 1 fully saturated rings.